The van der Waals surface area contributed by atoms with Gasteiger partial charge >= 0.3 is 0 Å². The van der Waals surface area contributed by atoms with E-state index in [1.807, 2.05) is 7.05 Å². The summed E-state index contributed by atoms with van der Waals surface area (Å²) >= 11 is 0. The molecule has 0 saturated carbocycles. The Kier molecular flexibility index (Phi) is 3.71. The highest BCUT2D eigenvalue weighted by Crippen LogP contribution is 2.29. The summed E-state index contributed by atoms with van der Waals surface area (Å²) in [4.78, 5) is 19.0. The molecular formula is C14H22N6. The molecule has 20 heavy (non-hydrogen) atoms. The molecule has 0 radical (unpaired) electrons. The van der Waals surface area contributed by atoms with Crippen LogP contribution in [0.1, 0.15) is 39.0 Å². The van der Waals surface area contributed by atoms with E-state index in [0.717, 1.165) is 29.9 Å². The predicted octanol–water partition coefficient (Wildman–Crippen LogP) is 2.55. The Morgan fingerprint density at radius 3 is 3.05 bits per heavy atom. The van der Waals surface area contributed by atoms with Crippen molar-refractivity contribution in [3.8, 4) is 0 Å². The zero-order valence-corrected chi connectivity index (χ0v) is 12.2. The molecule has 1 atom stereocenters. The molecule has 2 aromatic rings. The topological polar surface area (TPSA) is 69.7 Å². The molecule has 1 fully saturated rings. The van der Waals surface area contributed by atoms with Gasteiger partial charge in [0, 0.05) is 19.6 Å². The van der Waals surface area contributed by atoms with Gasteiger partial charge in [0.25, 0.3) is 0 Å². The largest absolute Gasteiger partial charge is 0.357 e. The van der Waals surface area contributed by atoms with Gasteiger partial charge in [0.05, 0.1) is 6.33 Å². The van der Waals surface area contributed by atoms with Gasteiger partial charge in [0.1, 0.15) is 5.52 Å². The number of anilines is 2. The van der Waals surface area contributed by atoms with Crippen molar-refractivity contribution >= 4 is 22.9 Å². The van der Waals surface area contributed by atoms with E-state index in [0.29, 0.717) is 12.0 Å². The third kappa shape index (κ3) is 2.30. The first kappa shape index (κ1) is 13.1. The summed E-state index contributed by atoms with van der Waals surface area (Å²) in [6.07, 6.45) is 7.93. The highest BCUT2D eigenvalue weighted by atomic mass is 15.3. The van der Waals surface area contributed by atoms with Gasteiger partial charge in [0.2, 0.25) is 5.95 Å². The maximum Gasteiger partial charge on any atom is 0.226 e. The maximum atomic E-state index is 4.69. The van der Waals surface area contributed by atoms with Crippen LogP contribution >= 0.6 is 0 Å². The molecule has 3 heterocycles. The van der Waals surface area contributed by atoms with Gasteiger partial charge in [-0.1, -0.05) is 19.8 Å². The molecule has 0 bridgehead atoms. The van der Waals surface area contributed by atoms with E-state index in [1.54, 1.807) is 6.33 Å². The van der Waals surface area contributed by atoms with E-state index in [9.17, 15) is 0 Å². The highest BCUT2D eigenvalue weighted by Gasteiger charge is 2.24. The Morgan fingerprint density at radius 1 is 1.35 bits per heavy atom. The maximum absolute atomic E-state index is 4.69. The van der Waals surface area contributed by atoms with Crippen molar-refractivity contribution in [1.29, 1.82) is 0 Å². The average Bonchev–Trinajstić information content (AvgIpc) is 2.82. The fraction of sp³-hybridized carbons (Fsp3) is 0.643. The number of nitrogens with zero attached hydrogens (tertiary/aromatic N) is 4. The summed E-state index contributed by atoms with van der Waals surface area (Å²) in [7, 11) is 1.84. The molecule has 6 nitrogen and oxygen atoms in total. The molecule has 1 saturated heterocycles. The monoisotopic (exact) mass is 274 g/mol. The Labute approximate surface area is 119 Å². The lowest BCUT2D eigenvalue weighted by atomic mass is 10.1. The van der Waals surface area contributed by atoms with E-state index in [1.165, 1.54) is 25.7 Å². The van der Waals surface area contributed by atoms with Crippen LogP contribution in [0, 0.1) is 0 Å². The molecule has 2 N–H and O–H groups in total. The van der Waals surface area contributed by atoms with Crippen molar-refractivity contribution < 1.29 is 0 Å². The smallest absolute Gasteiger partial charge is 0.226 e. The van der Waals surface area contributed by atoms with Crippen LogP contribution in [0.15, 0.2) is 6.33 Å². The van der Waals surface area contributed by atoms with Crippen LogP contribution in [0.4, 0.5) is 11.8 Å². The van der Waals surface area contributed by atoms with Crippen molar-refractivity contribution in [2.24, 2.45) is 0 Å². The first-order valence-corrected chi connectivity index (χ1v) is 7.49. The van der Waals surface area contributed by atoms with Gasteiger partial charge in [0.15, 0.2) is 11.5 Å². The predicted molar refractivity (Wildman–Crippen MR) is 81.1 cm³/mol. The molecule has 0 aromatic carbocycles. The van der Waals surface area contributed by atoms with E-state index < -0.39 is 0 Å². The lowest BCUT2D eigenvalue weighted by Crippen LogP contribution is -2.35. The van der Waals surface area contributed by atoms with E-state index in [4.69, 9.17) is 0 Å². The normalized spacial score (nSPS) is 20.1. The Hall–Kier alpha value is -1.85. The first-order chi connectivity index (χ1) is 9.83. The number of imidazole rings is 1. The number of rotatable bonds is 3. The number of fused-ring (bicyclic) bond motifs is 1. The Morgan fingerprint density at radius 2 is 2.25 bits per heavy atom. The third-order valence-electron chi connectivity index (χ3n) is 4.11. The van der Waals surface area contributed by atoms with Gasteiger partial charge in [-0.15, -0.1) is 0 Å². The molecule has 0 spiro atoms. The SMILES string of the molecule is CCC1CCCCCN1c1nc(NC)nc2nc[nH]c12. The van der Waals surface area contributed by atoms with Crippen molar-refractivity contribution in [3.63, 3.8) is 0 Å². The van der Waals surface area contributed by atoms with E-state index in [-0.39, 0.29) is 0 Å². The Balaban J connectivity index is 2.08. The molecule has 0 amide bonds. The molecule has 1 aliphatic rings. The Bertz CT molecular complexity index is 578. The third-order valence-corrected chi connectivity index (χ3v) is 4.11. The molecule has 1 unspecified atom stereocenters. The number of nitrogens with one attached hydrogen (secondary N) is 2. The summed E-state index contributed by atoms with van der Waals surface area (Å²) in [6.45, 7) is 3.32. The second-order valence-electron chi connectivity index (χ2n) is 5.33. The van der Waals surface area contributed by atoms with Crippen molar-refractivity contribution in [1.82, 2.24) is 19.9 Å². The average molecular weight is 274 g/mol. The van der Waals surface area contributed by atoms with Crippen LogP contribution in [0.3, 0.4) is 0 Å². The molecule has 2 aromatic heterocycles. The summed E-state index contributed by atoms with van der Waals surface area (Å²) in [5.41, 5.74) is 1.68. The lowest BCUT2D eigenvalue weighted by molar-refractivity contribution is 0.553. The summed E-state index contributed by atoms with van der Waals surface area (Å²) in [5.74, 6) is 1.63. The van der Waals surface area contributed by atoms with Crippen LogP contribution < -0.4 is 10.2 Å². The second kappa shape index (κ2) is 5.64. The molecule has 0 aliphatic carbocycles. The van der Waals surface area contributed by atoms with Crippen LogP contribution in [0.5, 0.6) is 0 Å². The molecule has 3 rings (SSSR count). The molecule has 6 heteroatoms. The zero-order valence-electron chi connectivity index (χ0n) is 12.2. The van der Waals surface area contributed by atoms with Crippen LogP contribution in [-0.2, 0) is 0 Å². The first-order valence-electron chi connectivity index (χ1n) is 7.49. The minimum atomic E-state index is 0.559. The van der Waals surface area contributed by atoms with Crippen LogP contribution in [-0.4, -0.2) is 39.6 Å². The minimum absolute atomic E-state index is 0.559. The lowest BCUT2D eigenvalue weighted by Gasteiger charge is -2.30. The van der Waals surface area contributed by atoms with E-state index >= 15 is 0 Å². The summed E-state index contributed by atoms with van der Waals surface area (Å²) in [5, 5.41) is 3.03. The number of hydrogen-bond acceptors (Lipinski definition) is 5. The number of aromatic amines is 1. The van der Waals surface area contributed by atoms with Gasteiger partial charge in [-0.2, -0.15) is 9.97 Å². The minimum Gasteiger partial charge on any atom is -0.357 e. The molecular weight excluding hydrogens is 252 g/mol. The highest BCUT2D eigenvalue weighted by molar-refractivity contribution is 5.84. The quantitative estimate of drug-likeness (QED) is 0.900. The summed E-state index contributed by atoms with van der Waals surface area (Å²) < 4.78 is 0. The van der Waals surface area contributed by atoms with Crippen LogP contribution in [0.25, 0.3) is 11.2 Å². The van der Waals surface area contributed by atoms with Crippen molar-refractivity contribution in [2.75, 3.05) is 23.8 Å². The number of H-pyrrole nitrogens is 1. The number of aromatic nitrogens is 4. The van der Waals surface area contributed by atoms with Gasteiger partial charge in [-0.25, -0.2) is 4.98 Å². The zero-order chi connectivity index (χ0) is 13.9. The molecule has 108 valence electrons. The van der Waals surface area contributed by atoms with Gasteiger partial charge in [-0.05, 0) is 19.3 Å². The summed E-state index contributed by atoms with van der Waals surface area (Å²) in [6, 6.07) is 0.559. The fourth-order valence-corrected chi connectivity index (χ4v) is 3.02. The van der Waals surface area contributed by atoms with Crippen molar-refractivity contribution in [3.05, 3.63) is 6.33 Å². The fourth-order valence-electron chi connectivity index (χ4n) is 3.02. The van der Waals surface area contributed by atoms with Crippen molar-refractivity contribution in [2.45, 2.75) is 45.1 Å². The van der Waals surface area contributed by atoms with Crippen LogP contribution in [0.2, 0.25) is 0 Å². The number of hydrogen-bond donors (Lipinski definition) is 2. The van der Waals surface area contributed by atoms with E-state index in [2.05, 4.69) is 37.1 Å². The van der Waals surface area contributed by atoms with Gasteiger partial charge in [-0.3, -0.25) is 0 Å². The molecule has 1 aliphatic heterocycles. The second-order valence-corrected chi connectivity index (χ2v) is 5.33. The standard InChI is InChI=1S/C14H22N6/c1-3-10-7-5-4-6-8-20(10)13-11-12(17-9-16-11)18-14(15-2)19-13/h9-10H,3-8H2,1-2H3,(H2,15,16,17,18,19). The van der Waals surface area contributed by atoms with Gasteiger partial charge < -0.3 is 15.2 Å².